The van der Waals surface area contributed by atoms with Gasteiger partial charge in [0, 0.05) is 22.8 Å². The van der Waals surface area contributed by atoms with Crippen LogP contribution in [0.15, 0.2) is 54.2 Å². The second-order valence-electron chi connectivity index (χ2n) is 7.39. The summed E-state index contributed by atoms with van der Waals surface area (Å²) in [4.78, 5) is 10.2. The van der Waals surface area contributed by atoms with E-state index in [-0.39, 0.29) is 27.5 Å². The molecule has 7 heteroatoms. The van der Waals surface area contributed by atoms with Gasteiger partial charge in [0.25, 0.3) is 0 Å². The molecule has 0 radical (unpaired) electrons. The number of carboxylic acid groups (broad SMARTS) is 1. The van der Waals surface area contributed by atoms with E-state index in [0.29, 0.717) is 19.0 Å². The maximum absolute atomic E-state index is 10.2. The Bertz CT molecular complexity index is 860. The average Bonchev–Trinajstić information content (AvgIpc) is 3.30. The largest absolute Gasteiger partial charge is 2.00 e. The molecule has 4 nitrogen and oxygen atoms in total. The number of halogens is 1. The van der Waals surface area contributed by atoms with Crippen molar-refractivity contribution in [3.8, 4) is 0 Å². The molecule has 1 aliphatic rings. The van der Waals surface area contributed by atoms with Crippen molar-refractivity contribution in [2.75, 3.05) is 6.54 Å². The van der Waals surface area contributed by atoms with Crippen LogP contribution in [0.5, 0.6) is 0 Å². The van der Waals surface area contributed by atoms with Crippen LogP contribution in [-0.4, -0.2) is 21.9 Å². The van der Waals surface area contributed by atoms with Gasteiger partial charge in [-0.05, 0) is 36.5 Å². The Hall–Kier alpha value is -1.26. The maximum Gasteiger partial charge on any atom is 2.00 e. The van der Waals surface area contributed by atoms with Crippen LogP contribution < -0.4 is 0 Å². The number of rotatable bonds is 8. The van der Waals surface area contributed by atoms with Crippen molar-refractivity contribution in [2.24, 2.45) is 5.92 Å². The smallest absolute Gasteiger partial charge is 0.661 e. The van der Waals surface area contributed by atoms with E-state index in [0.717, 1.165) is 28.1 Å². The number of carboxylic acids is 1. The van der Waals surface area contributed by atoms with E-state index < -0.39 is 5.97 Å². The zero-order valence-corrected chi connectivity index (χ0v) is 22.0. The molecule has 30 heavy (non-hydrogen) atoms. The third-order valence-electron chi connectivity index (χ3n) is 4.34. The molecule has 0 aromatic heterocycles. The van der Waals surface area contributed by atoms with Gasteiger partial charge in [0.15, 0.2) is 0 Å². The standard InChI is InChI=1S/C13H15ClNS.C10H12NO2.W/c1-8(2)6-12-13(15(12)16)10-5-4-9(3)11(14)7-10;12-10(13)6-7-11-8-9-4-2-1-3-5-9;/h4-5,7-8H,6H2,1-3H3;1-5H,6-8H2,(H,12,13);/q2*-1;+2. The Balaban J connectivity index is 0.000000297. The normalized spacial score (nSPS) is 12.3. The van der Waals surface area contributed by atoms with Crippen LogP contribution in [0.2, 0.25) is 5.02 Å². The van der Waals surface area contributed by atoms with Crippen LogP contribution in [0.4, 0.5) is 0 Å². The molecule has 0 aliphatic carbocycles. The zero-order valence-electron chi connectivity index (χ0n) is 17.5. The molecule has 0 saturated heterocycles. The van der Waals surface area contributed by atoms with Gasteiger partial charge in [-0.1, -0.05) is 73.5 Å². The fraction of sp³-hybridized carbons (Fsp3) is 0.348. The molecule has 0 bridgehead atoms. The fourth-order valence-electron chi connectivity index (χ4n) is 2.74. The molecule has 2 aromatic carbocycles. The molecule has 3 rings (SSSR count). The summed E-state index contributed by atoms with van der Waals surface area (Å²) in [6, 6.07) is 15.9. The van der Waals surface area contributed by atoms with Crippen LogP contribution in [0.25, 0.3) is 11.0 Å². The van der Waals surface area contributed by atoms with Gasteiger partial charge in [0.05, 0.1) is 0 Å². The van der Waals surface area contributed by atoms with Crippen molar-refractivity contribution in [1.82, 2.24) is 4.31 Å². The molecule has 0 spiro atoms. The Morgan fingerprint density at radius 1 is 1.20 bits per heavy atom. The zero-order chi connectivity index (χ0) is 21.4. The molecular weight excluding hydrogens is 588 g/mol. The summed E-state index contributed by atoms with van der Waals surface area (Å²) < 4.78 is 1.85. The van der Waals surface area contributed by atoms with E-state index in [1.54, 1.807) is 0 Å². The topological polar surface area (TPSA) is 54.4 Å². The number of nitrogens with zero attached hydrogens (tertiary/aromatic N) is 2. The van der Waals surface area contributed by atoms with Crippen LogP contribution in [0, 0.1) is 12.8 Å². The molecule has 0 amide bonds. The van der Waals surface area contributed by atoms with Gasteiger partial charge in [-0.3, -0.25) is 4.79 Å². The van der Waals surface area contributed by atoms with E-state index in [9.17, 15) is 4.79 Å². The minimum Gasteiger partial charge on any atom is -0.661 e. The average molecular weight is 615 g/mol. The summed E-state index contributed by atoms with van der Waals surface area (Å²) in [6.45, 7) is 7.41. The van der Waals surface area contributed by atoms with Gasteiger partial charge in [0.1, 0.15) is 0 Å². The number of allylic oxidation sites excluding steroid dienone is 1. The van der Waals surface area contributed by atoms with E-state index in [2.05, 4.69) is 25.2 Å². The summed E-state index contributed by atoms with van der Waals surface area (Å²) in [5.41, 5.74) is 5.80. The first-order chi connectivity index (χ1) is 13.8. The minimum atomic E-state index is -0.795. The summed E-state index contributed by atoms with van der Waals surface area (Å²) in [7, 11) is 0. The SMILES string of the molecule is Cc1ccc(C2=C(CC(C)C)N2[S-])cc1Cl.O=C(O)CC[N-]Cc1ccccc1.[W+2]. The first-order valence-electron chi connectivity index (χ1n) is 9.65. The second-order valence-corrected chi connectivity index (χ2v) is 8.16. The number of benzene rings is 2. The molecule has 1 heterocycles. The number of hydrogen-bond acceptors (Lipinski definition) is 3. The van der Waals surface area contributed by atoms with Crippen molar-refractivity contribution < 1.29 is 31.0 Å². The maximum atomic E-state index is 10.2. The Morgan fingerprint density at radius 3 is 2.43 bits per heavy atom. The Kier molecular flexibility index (Phi) is 11.8. The predicted molar refractivity (Wildman–Crippen MR) is 122 cm³/mol. The molecule has 0 unspecified atom stereocenters. The molecule has 0 atom stereocenters. The van der Waals surface area contributed by atoms with E-state index in [4.69, 9.17) is 29.5 Å². The summed E-state index contributed by atoms with van der Waals surface area (Å²) in [5, 5.41) is 13.3. The van der Waals surface area contributed by atoms with Gasteiger partial charge in [-0.25, -0.2) is 0 Å². The summed E-state index contributed by atoms with van der Waals surface area (Å²) in [6.07, 6.45) is 1.16. The minimum absolute atomic E-state index is 0. The van der Waals surface area contributed by atoms with Crippen LogP contribution in [-0.2, 0) is 45.2 Å². The molecular formula is C23H27ClN2O2SW. The Morgan fingerprint density at radius 2 is 1.87 bits per heavy atom. The van der Waals surface area contributed by atoms with Gasteiger partial charge < -0.3 is 27.5 Å². The van der Waals surface area contributed by atoms with Crippen molar-refractivity contribution in [3.05, 3.63) is 81.3 Å². The molecule has 160 valence electrons. The second kappa shape index (κ2) is 13.2. The van der Waals surface area contributed by atoms with Gasteiger partial charge >= 0.3 is 27.0 Å². The van der Waals surface area contributed by atoms with Crippen LogP contribution in [0.3, 0.4) is 0 Å². The summed E-state index contributed by atoms with van der Waals surface area (Å²) >= 11 is 11.4. The quantitative estimate of drug-likeness (QED) is 0.285. The predicted octanol–water partition coefficient (Wildman–Crippen LogP) is 6.17. The Labute approximate surface area is 204 Å². The summed E-state index contributed by atoms with van der Waals surface area (Å²) in [5.74, 6) is -0.157. The first kappa shape index (κ1) is 26.8. The van der Waals surface area contributed by atoms with Gasteiger partial charge in [-0.2, -0.15) is 0 Å². The van der Waals surface area contributed by atoms with Gasteiger partial charge in [0.2, 0.25) is 0 Å². The first-order valence-corrected chi connectivity index (χ1v) is 10.4. The molecule has 1 aliphatic heterocycles. The van der Waals surface area contributed by atoms with Crippen molar-refractivity contribution in [3.63, 3.8) is 0 Å². The number of carbonyl (C=O) groups is 1. The van der Waals surface area contributed by atoms with Crippen LogP contribution in [0.1, 0.15) is 43.4 Å². The van der Waals surface area contributed by atoms with E-state index in [1.165, 1.54) is 11.4 Å². The third kappa shape index (κ3) is 8.85. The van der Waals surface area contributed by atoms with Gasteiger partial charge in [-0.15, -0.1) is 13.1 Å². The fourth-order valence-corrected chi connectivity index (χ4v) is 3.25. The molecule has 2 aromatic rings. The molecule has 0 fully saturated rings. The van der Waals surface area contributed by atoms with E-state index in [1.807, 2.05) is 53.7 Å². The molecule has 1 N–H and O–H groups in total. The molecule has 0 saturated carbocycles. The third-order valence-corrected chi connectivity index (χ3v) is 5.15. The van der Waals surface area contributed by atoms with Crippen molar-refractivity contribution >= 4 is 36.1 Å². The van der Waals surface area contributed by atoms with Crippen LogP contribution >= 0.6 is 11.6 Å². The van der Waals surface area contributed by atoms with Crippen molar-refractivity contribution in [1.29, 1.82) is 0 Å². The number of aryl methyl sites for hydroxylation is 1. The van der Waals surface area contributed by atoms with Crippen molar-refractivity contribution in [2.45, 2.75) is 40.2 Å². The number of aliphatic carboxylic acids is 1. The number of hydrogen-bond donors (Lipinski definition) is 1. The van der Waals surface area contributed by atoms with E-state index >= 15 is 0 Å². The monoisotopic (exact) mass is 614 g/mol.